The van der Waals surface area contributed by atoms with Crippen LogP contribution in [0.2, 0.25) is 0 Å². The van der Waals surface area contributed by atoms with Crippen LogP contribution in [0.25, 0.3) is 0 Å². The van der Waals surface area contributed by atoms with Crippen molar-refractivity contribution in [1.29, 1.82) is 5.26 Å². The van der Waals surface area contributed by atoms with E-state index in [0.717, 1.165) is 6.54 Å². The topological polar surface area (TPSA) is 27.0 Å². The normalized spacial score (nSPS) is 13.7. The highest BCUT2D eigenvalue weighted by Gasteiger charge is 2.06. The van der Waals surface area contributed by atoms with Gasteiger partial charge in [-0.25, -0.2) is 0 Å². The first kappa shape index (κ1) is 9.45. The zero-order chi connectivity index (χ0) is 8.15. The Labute approximate surface area is 63.4 Å². The van der Waals surface area contributed by atoms with E-state index in [9.17, 15) is 0 Å². The van der Waals surface area contributed by atoms with E-state index >= 15 is 0 Å². The fourth-order valence-electron chi connectivity index (χ4n) is 0.684. The van der Waals surface area contributed by atoms with E-state index in [0.29, 0.717) is 6.04 Å². The molecule has 0 fully saturated rings. The number of nitriles is 1. The molecule has 0 N–H and O–H groups in total. The number of hydrogen-bond acceptors (Lipinski definition) is 2. The number of hydrogen-bond donors (Lipinski definition) is 0. The molecular weight excluding hydrogens is 124 g/mol. The minimum absolute atomic E-state index is 0.146. The third-order valence-corrected chi connectivity index (χ3v) is 1.66. The third-order valence-electron chi connectivity index (χ3n) is 1.66. The van der Waals surface area contributed by atoms with Crippen molar-refractivity contribution in [3.05, 3.63) is 0 Å². The van der Waals surface area contributed by atoms with Gasteiger partial charge in [0.1, 0.15) is 0 Å². The second kappa shape index (κ2) is 4.29. The van der Waals surface area contributed by atoms with Gasteiger partial charge in [-0.3, -0.25) is 0 Å². The van der Waals surface area contributed by atoms with Crippen molar-refractivity contribution in [2.75, 3.05) is 13.6 Å². The van der Waals surface area contributed by atoms with Crippen molar-refractivity contribution >= 4 is 0 Å². The van der Waals surface area contributed by atoms with Gasteiger partial charge < -0.3 is 4.90 Å². The summed E-state index contributed by atoms with van der Waals surface area (Å²) >= 11 is 0. The summed E-state index contributed by atoms with van der Waals surface area (Å²) < 4.78 is 0. The Morgan fingerprint density at radius 2 is 1.90 bits per heavy atom. The Morgan fingerprint density at radius 1 is 1.40 bits per heavy atom. The summed E-state index contributed by atoms with van der Waals surface area (Å²) in [4.78, 5) is 2.17. The molecule has 0 aliphatic carbocycles. The molecule has 0 saturated heterocycles. The highest BCUT2D eigenvalue weighted by molar-refractivity contribution is 4.81. The maximum atomic E-state index is 8.49. The third kappa shape index (κ3) is 3.47. The Kier molecular flexibility index (Phi) is 4.06. The van der Waals surface area contributed by atoms with Crippen LogP contribution in [0.5, 0.6) is 0 Å². The summed E-state index contributed by atoms with van der Waals surface area (Å²) in [5.41, 5.74) is 0. The summed E-state index contributed by atoms with van der Waals surface area (Å²) in [5, 5.41) is 8.49. The molecule has 1 unspecified atom stereocenters. The molecule has 0 radical (unpaired) electrons. The van der Waals surface area contributed by atoms with Gasteiger partial charge in [-0.1, -0.05) is 0 Å². The average molecular weight is 140 g/mol. The van der Waals surface area contributed by atoms with Gasteiger partial charge in [-0.15, -0.1) is 0 Å². The monoisotopic (exact) mass is 140 g/mol. The fraction of sp³-hybridized carbons (Fsp3) is 0.875. The average Bonchev–Trinajstić information content (AvgIpc) is 1.87. The first-order chi connectivity index (χ1) is 4.57. The Morgan fingerprint density at radius 3 is 2.20 bits per heavy atom. The molecule has 0 aromatic carbocycles. The zero-order valence-corrected chi connectivity index (χ0v) is 7.26. The molecule has 10 heavy (non-hydrogen) atoms. The molecule has 2 nitrogen and oxygen atoms in total. The molecule has 0 heterocycles. The van der Waals surface area contributed by atoms with Crippen LogP contribution < -0.4 is 0 Å². The molecule has 0 rings (SSSR count). The van der Waals surface area contributed by atoms with E-state index < -0.39 is 0 Å². The van der Waals surface area contributed by atoms with Gasteiger partial charge in [0.05, 0.1) is 12.0 Å². The van der Waals surface area contributed by atoms with E-state index in [4.69, 9.17) is 5.26 Å². The predicted octanol–water partition coefficient (Wildman–Crippen LogP) is 1.49. The van der Waals surface area contributed by atoms with Crippen LogP contribution in [-0.2, 0) is 0 Å². The van der Waals surface area contributed by atoms with Crippen LogP contribution in [0.3, 0.4) is 0 Å². The lowest BCUT2D eigenvalue weighted by atomic mass is 10.2. The fourth-order valence-corrected chi connectivity index (χ4v) is 0.684. The van der Waals surface area contributed by atoms with Crippen LogP contribution in [0.15, 0.2) is 0 Å². The predicted molar refractivity (Wildman–Crippen MR) is 42.5 cm³/mol. The van der Waals surface area contributed by atoms with E-state index in [1.165, 1.54) is 0 Å². The van der Waals surface area contributed by atoms with Gasteiger partial charge >= 0.3 is 0 Å². The van der Waals surface area contributed by atoms with Crippen LogP contribution in [-0.4, -0.2) is 24.5 Å². The SMILES string of the molecule is CC(C#N)CN(C)C(C)C. The van der Waals surface area contributed by atoms with Crippen LogP contribution in [0.4, 0.5) is 0 Å². The van der Waals surface area contributed by atoms with Gasteiger partial charge in [0.2, 0.25) is 0 Å². The summed E-state index contributed by atoms with van der Waals surface area (Å²) in [6, 6.07) is 2.75. The van der Waals surface area contributed by atoms with Gasteiger partial charge in [0.15, 0.2) is 0 Å². The summed E-state index contributed by atoms with van der Waals surface area (Å²) in [7, 11) is 2.04. The highest BCUT2D eigenvalue weighted by Crippen LogP contribution is 1.99. The second-order valence-corrected chi connectivity index (χ2v) is 3.06. The molecule has 0 spiro atoms. The quantitative estimate of drug-likeness (QED) is 0.593. The van der Waals surface area contributed by atoms with Gasteiger partial charge in [0.25, 0.3) is 0 Å². The lowest BCUT2D eigenvalue weighted by Gasteiger charge is -2.21. The first-order valence-corrected chi connectivity index (χ1v) is 3.67. The maximum Gasteiger partial charge on any atom is 0.0666 e. The Hall–Kier alpha value is -0.550. The molecule has 2 heteroatoms. The van der Waals surface area contributed by atoms with Crippen molar-refractivity contribution in [3.63, 3.8) is 0 Å². The van der Waals surface area contributed by atoms with Crippen molar-refractivity contribution in [1.82, 2.24) is 4.90 Å². The molecule has 0 aromatic heterocycles. The van der Waals surface area contributed by atoms with E-state index in [1.54, 1.807) is 0 Å². The highest BCUT2D eigenvalue weighted by atomic mass is 15.1. The van der Waals surface area contributed by atoms with Gasteiger partial charge in [-0.2, -0.15) is 5.26 Å². The molecule has 0 bridgehead atoms. The summed E-state index contributed by atoms with van der Waals surface area (Å²) in [5.74, 6) is 0.146. The lowest BCUT2D eigenvalue weighted by Crippen LogP contribution is -2.30. The standard InChI is InChI=1S/C8H16N2/c1-7(2)10(4)6-8(3)5-9/h7-8H,6H2,1-4H3. The van der Waals surface area contributed by atoms with Crippen molar-refractivity contribution in [2.24, 2.45) is 5.92 Å². The van der Waals surface area contributed by atoms with Crippen molar-refractivity contribution in [3.8, 4) is 6.07 Å². The molecule has 0 saturated carbocycles. The van der Waals surface area contributed by atoms with E-state index in [-0.39, 0.29) is 5.92 Å². The molecule has 58 valence electrons. The molecule has 0 aliphatic heterocycles. The second-order valence-electron chi connectivity index (χ2n) is 3.06. The van der Waals surface area contributed by atoms with Crippen molar-refractivity contribution < 1.29 is 0 Å². The lowest BCUT2D eigenvalue weighted by molar-refractivity contribution is 0.255. The van der Waals surface area contributed by atoms with Crippen molar-refractivity contribution in [2.45, 2.75) is 26.8 Å². The van der Waals surface area contributed by atoms with Crippen LogP contribution >= 0.6 is 0 Å². The Bertz CT molecular complexity index is 124. The van der Waals surface area contributed by atoms with Gasteiger partial charge in [-0.05, 0) is 27.8 Å². The van der Waals surface area contributed by atoms with Gasteiger partial charge in [0, 0.05) is 12.6 Å². The largest absolute Gasteiger partial charge is 0.303 e. The zero-order valence-electron chi connectivity index (χ0n) is 7.26. The summed E-state index contributed by atoms with van der Waals surface area (Å²) in [6.45, 7) is 7.07. The van der Waals surface area contributed by atoms with E-state index in [1.807, 2.05) is 14.0 Å². The molecule has 1 atom stereocenters. The van der Waals surface area contributed by atoms with E-state index in [2.05, 4.69) is 24.8 Å². The molecule has 0 aromatic rings. The molecular formula is C8H16N2. The minimum atomic E-state index is 0.146. The summed E-state index contributed by atoms with van der Waals surface area (Å²) in [6.07, 6.45) is 0. The van der Waals surface area contributed by atoms with Crippen LogP contribution in [0, 0.1) is 17.2 Å². The Balaban J connectivity index is 3.59. The number of rotatable bonds is 3. The molecule has 0 amide bonds. The first-order valence-electron chi connectivity index (χ1n) is 3.67. The molecule has 0 aliphatic rings. The maximum absolute atomic E-state index is 8.49. The smallest absolute Gasteiger partial charge is 0.0666 e. The van der Waals surface area contributed by atoms with Crippen LogP contribution in [0.1, 0.15) is 20.8 Å². The number of nitrogens with zero attached hydrogens (tertiary/aromatic N) is 2. The minimum Gasteiger partial charge on any atom is -0.303 e.